The normalized spacial score (nSPS) is 17.7. The zero-order chi connectivity index (χ0) is 20.5. The van der Waals surface area contributed by atoms with E-state index in [0.717, 1.165) is 43.0 Å². The molecule has 0 unspecified atom stereocenters. The highest BCUT2D eigenvalue weighted by molar-refractivity contribution is 6.31. The average molecular weight is 414 g/mol. The maximum absolute atomic E-state index is 13.5. The third-order valence-corrected chi connectivity index (χ3v) is 6.18. The van der Waals surface area contributed by atoms with Gasteiger partial charge in [0.1, 0.15) is 11.6 Å². The lowest BCUT2D eigenvalue weighted by Gasteiger charge is -2.32. The number of hydrogen-bond acceptors (Lipinski definition) is 3. The fourth-order valence-electron chi connectivity index (χ4n) is 4.25. The first-order chi connectivity index (χ1) is 14.0. The van der Waals surface area contributed by atoms with Gasteiger partial charge in [-0.15, -0.1) is 0 Å². The van der Waals surface area contributed by atoms with Gasteiger partial charge >= 0.3 is 0 Å². The van der Waals surface area contributed by atoms with Gasteiger partial charge in [-0.2, -0.15) is 0 Å². The Balaban J connectivity index is 1.72. The van der Waals surface area contributed by atoms with Crippen LogP contribution in [-0.2, 0) is 6.54 Å². The van der Waals surface area contributed by atoms with Gasteiger partial charge in [0.25, 0.3) is 5.56 Å². The van der Waals surface area contributed by atoms with Gasteiger partial charge in [-0.25, -0.2) is 9.37 Å². The lowest BCUT2D eigenvalue weighted by Crippen LogP contribution is -2.38. The number of piperidine rings is 1. The monoisotopic (exact) mass is 413 g/mol. The number of benzene rings is 2. The van der Waals surface area contributed by atoms with Crippen LogP contribution in [0.2, 0.25) is 5.02 Å². The van der Waals surface area contributed by atoms with Crippen molar-refractivity contribution >= 4 is 22.5 Å². The molecule has 1 saturated heterocycles. The van der Waals surface area contributed by atoms with Crippen molar-refractivity contribution in [3.05, 3.63) is 63.4 Å². The SMILES string of the molecule is CCN1CCC[C@H](Cn2c(C)nc3ccc(-c4ccc(F)c(Cl)c4)cc3c2=O)C1. The molecule has 6 heteroatoms. The summed E-state index contributed by atoms with van der Waals surface area (Å²) in [5.41, 5.74) is 2.26. The number of rotatable bonds is 4. The van der Waals surface area contributed by atoms with Crippen LogP contribution in [0.15, 0.2) is 41.2 Å². The molecule has 2 aromatic carbocycles. The number of halogens is 2. The molecule has 1 fully saturated rings. The van der Waals surface area contributed by atoms with E-state index in [0.29, 0.717) is 23.4 Å². The molecular formula is C23H25ClFN3O. The molecule has 1 aromatic heterocycles. The zero-order valence-electron chi connectivity index (χ0n) is 16.8. The van der Waals surface area contributed by atoms with E-state index in [4.69, 9.17) is 11.6 Å². The quantitative estimate of drug-likeness (QED) is 0.610. The van der Waals surface area contributed by atoms with Gasteiger partial charge in [-0.05, 0) is 74.2 Å². The smallest absolute Gasteiger partial charge is 0.261 e. The van der Waals surface area contributed by atoms with Crippen molar-refractivity contribution in [2.24, 2.45) is 5.92 Å². The molecule has 3 aromatic rings. The molecule has 2 heterocycles. The summed E-state index contributed by atoms with van der Waals surface area (Å²) in [6.45, 7) is 7.98. The molecule has 1 atom stereocenters. The van der Waals surface area contributed by atoms with E-state index in [-0.39, 0.29) is 10.6 Å². The number of nitrogens with zero attached hydrogens (tertiary/aromatic N) is 3. The van der Waals surface area contributed by atoms with E-state index in [1.165, 1.54) is 12.5 Å². The third-order valence-electron chi connectivity index (χ3n) is 5.89. The van der Waals surface area contributed by atoms with Gasteiger partial charge in [-0.1, -0.05) is 30.7 Å². The first-order valence-electron chi connectivity index (χ1n) is 10.1. The van der Waals surface area contributed by atoms with Gasteiger partial charge < -0.3 is 4.90 Å². The summed E-state index contributed by atoms with van der Waals surface area (Å²) in [5, 5.41) is 0.650. The Hall–Kier alpha value is -2.24. The van der Waals surface area contributed by atoms with Crippen molar-refractivity contribution in [2.75, 3.05) is 19.6 Å². The molecular weight excluding hydrogens is 389 g/mol. The van der Waals surface area contributed by atoms with Gasteiger partial charge in [0.05, 0.1) is 15.9 Å². The molecule has 29 heavy (non-hydrogen) atoms. The third kappa shape index (κ3) is 4.07. The molecule has 0 saturated carbocycles. The van der Waals surface area contributed by atoms with Crippen molar-refractivity contribution in [1.82, 2.24) is 14.5 Å². The summed E-state index contributed by atoms with van der Waals surface area (Å²) in [6, 6.07) is 10.2. The Morgan fingerprint density at radius 1 is 1.21 bits per heavy atom. The van der Waals surface area contributed by atoms with Crippen molar-refractivity contribution in [1.29, 1.82) is 0 Å². The first-order valence-corrected chi connectivity index (χ1v) is 10.5. The minimum absolute atomic E-state index is 0.0174. The molecule has 0 amide bonds. The lowest BCUT2D eigenvalue weighted by atomic mass is 9.97. The molecule has 1 aliphatic heterocycles. The topological polar surface area (TPSA) is 38.1 Å². The summed E-state index contributed by atoms with van der Waals surface area (Å²) in [7, 11) is 0. The van der Waals surface area contributed by atoms with Crippen LogP contribution in [0, 0.1) is 18.7 Å². The van der Waals surface area contributed by atoms with Crippen molar-refractivity contribution in [3.63, 3.8) is 0 Å². The Bertz CT molecular complexity index is 1110. The van der Waals surface area contributed by atoms with Crippen LogP contribution in [0.3, 0.4) is 0 Å². The first kappa shape index (κ1) is 20.0. The number of aromatic nitrogens is 2. The van der Waals surface area contributed by atoms with Gasteiger partial charge in [0, 0.05) is 13.1 Å². The Morgan fingerprint density at radius 3 is 2.72 bits per heavy atom. The molecule has 0 spiro atoms. The fraction of sp³-hybridized carbons (Fsp3) is 0.391. The van der Waals surface area contributed by atoms with E-state index >= 15 is 0 Å². The molecule has 4 rings (SSSR count). The molecule has 0 bridgehead atoms. The van der Waals surface area contributed by atoms with Crippen LogP contribution in [0.25, 0.3) is 22.0 Å². The summed E-state index contributed by atoms with van der Waals surface area (Å²) in [5.74, 6) is 0.747. The predicted octanol–water partition coefficient (Wildman–Crippen LogP) is 4.90. The van der Waals surface area contributed by atoms with Crippen molar-refractivity contribution < 1.29 is 4.39 Å². The van der Waals surface area contributed by atoms with Crippen LogP contribution >= 0.6 is 11.6 Å². The molecule has 0 radical (unpaired) electrons. The summed E-state index contributed by atoms with van der Waals surface area (Å²) in [6.07, 6.45) is 2.30. The maximum atomic E-state index is 13.5. The minimum Gasteiger partial charge on any atom is -0.303 e. The van der Waals surface area contributed by atoms with E-state index in [1.54, 1.807) is 12.1 Å². The van der Waals surface area contributed by atoms with Gasteiger partial charge in [0.2, 0.25) is 0 Å². The summed E-state index contributed by atoms with van der Waals surface area (Å²) in [4.78, 5) is 20.4. The Labute approximate surface area is 174 Å². The number of aryl methyl sites for hydroxylation is 1. The van der Waals surface area contributed by atoms with Crippen molar-refractivity contribution in [2.45, 2.75) is 33.2 Å². The molecule has 4 nitrogen and oxygen atoms in total. The van der Waals surface area contributed by atoms with Crippen LogP contribution in [0.5, 0.6) is 0 Å². The van der Waals surface area contributed by atoms with Crippen LogP contribution < -0.4 is 5.56 Å². The Kier molecular flexibility index (Phi) is 5.70. The second-order valence-electron chi connectivity index (χ2n) is 7.84. The standard InChI is InChI=1S/C23H25ClFN3O/c1-3-27-10-4-5-16(13-27)14-28-15(2)26-22-9-7-17(11-19(22)23(28)29)18-6-8-21(25)20(24)12-18/h6-9,11-12,16H,3-5,10,13-14H2,1-2H3/t16-/m0/s1. The number of hydrogen-bond donors (Lipinski definition) is 0. The predicted molar refractivity (Wildman–Crippen MR) is 116 cm³/mol. The van der Waals surface area contributed by atoms with E-state index in [9.17, 15) is 9.18 Å². The van der Waals surface area contributed by atoms with E-state index < -0.39 is 5.82 Å². The number of likely N-dealkylation sites (tertiary alicyclic amines) is 1. The van der Waals surface area contributed by atoms with Crippen molar-refractivity contribution in [3.8, 4) is 11.1 Å². The highest BCUT2D eigenvalue weighted by atomic mass is 35.5. The second-order valence-corrected chi connectivity index (χ2v) is 8.24. The Morgan fingerprint density at radius 2 is 1.97 bits per heavy atom. The molecule has 152 valence electrons. The largest absolute Gasteiger partial charge is 0.303 e. The summed E-state index contributed by atoms with van der Waals surface area (Å²) < 4.78 is 15.3. The second kappa shape index (κ2) is 8.25. The van der Waals surface area contributed by atoms with Gasteiger partial charge in [-0.3, -0.25) is 9.36 Å². The minimum atomic E-state index is -0.454. The van der Waals surface area contributed by atoms with Gasteiger partial charge in [0.15, 0.2) is 0 Å². The molecule has 0 aliphatic carbocycles. The highest BCUT2D eigenvalue weighted by Crippen LogP contribution is 2.27. The highest BCUT2D eigenvalue weighted by Gasteiger charge is 2.21. The molecule has 1 aliphatic rings. The summed E-state index contributed by atoms with van der Waals surface area (Å²) >= 11 is 5.93. The van der Waals surface area contributed by atoms with Crippen LogP contribution in [0.1, 0.15) is 25.6 Å². The fourth-order valence-corrected chi connectivity index (χ4v) is 4.43. The molecule has 0 N–H and O–H groups in total. The zero-order valence-corrected chi connectivity index (χ0v) is 17.5. The maximum Gasteiger partial charge on any atom is 0.261 e. The van der Waals surface area contributed by atoms with E-state index in [1.807, 2.05) is 29.7 Å². The average Bonchev–Trinajstić information content (AvgIpc) is 2.73. The van der Waals surface area contributed by atoms with Crippen LogP contribution in [0.4, 0.5) is 4.39 Å². The number of fused-ring (bicyclic) bond motifs is 1. The van der Waals surface area contributed by atoms with Crippen LogP contribution in [-0.4, -0.2) is 34.1 Å². The van der Waals surface area contributed by atoms with E-state index in [2.05, 4.69) is 16.8 Å². The lowest BCUT2D eigenvalue weighted by molar-refractivity contribution is 0.168.